The van der Waals surface area contributed by atoms with E-state index in [-0.39, 0.29) is 25.2 Å². The Morgan fingerprint density at radius 3 is 1.21 bits per heavy atom. The van der Waals surface area contributed by atoms with Crippen molar-refractivity contribution in [1.29, 1.82) is 0 Å². The third-order valence-corrected chi connectivity index (χ3v) is 6.04. The van der Waals surface area contributed by atoms with Crippen molar-refractivity contribution in [1.82, 2.24) is 0 Å². The summed E-state index contributed by atoms with van der Waals surface area (Å²) in [6, 6.07) is 0. The second-order valence-electron chi connectivity index (χ2n) is 8.32. The maximum Gasteiger partial charge on any atom is 0.472 e. The normalized spacial score (nSPS) is 11.5. The van der Waals surface area contributed by atoms with E-state index in [1.165, 1.54) is 0 Å². The summed E-state index contributed by atoms with van der Waals surface area (Å²) in [5, 5.41) is 0. The van der Waals surface area contributed by atoms with E-state index in [1.54, 1.807) is 0 Å². The van der Waals surface area contributed by atoms with Gasteiger partial charge in [-0.15, -0.1) is 0 Å². The maximum absolute atomic E-state index is 11.9. The lowest BCUT2D eigenvalue weighted by Gasteiger charge is -2.12. The lowest BCUT2D eigenvalue weighted by atomic mass is 10.1. The Kier molecular flexibility index (Phi) is 22.2. The largest absolute Gasteiger partial charge is 0.472 e. The first-order valence-electron chi connectivity index (χ1n) is 12.8. The molecule has 0 heterocycles. The number of ether oxygens (including phenoxy) is 2. The summed E-state index contributed by atoms with van der Waals surface area (Å²) in [5.41, 5.74) is 0. The molecule has 0 unspecified atom stereocenters. The first-order chi connectivity index (χ1) is 15.9. The standard InChI is InChI=1S/C24H47O8P/c1-3-17-23(25)29-19-13-9-5-7-11-15-21-31-33(27,28)32-22-16-12-8-6-10-14-20-30-24(26)18-4-2/h3-22H2,1-2H3,(H,27,28). The lowest BCUT2D eigenvalue weighted by molar-refractivity contribution is -0.144. The van der Waals surface area contributed by atoms with E-state index in [1.807, 2.05) is 13.8 Å². The molecular weight excluding hydrogens is 447 g/mol. The van der Waals surface area contributed by atoms with Crippen molar-refractivity contribution in [3.8, 4) is 0 Å². The van der Waals surface area contributed by atoms with Crippen LogP contribution in [0.2, 0.25) is 0 Å². The summed E-state index contributed by atoms with van der Waals surface area (Å²) < 4.78 is 32.1. The number of carbonyl (C=O) groups is 2. The number of phosphoric acid groups is 1. The highest BCUT2D eigenvalue weighted by Gasteiger charge is 2.19. The second kappa shape index (κ2) is 22.8. The lowest BCUT2D eigenvalue weighted by Crippen LogP contribution is -2.04. The van der Waals surface area contributed by atoms with Crippen molar-refractivity contribution < 1.29 is 37.6 Å². The predicted molar refractivity (Wildman–Crippen MR) is 129 cm³/mol. The van der Waals surface area contributed by atoms with Crippen LogP contribution in [0.3, 0.4) is 0 Å². The van der Waals surface area contributed by atoms with Gasteiger partial charge in [0.1, 0.15) is 0 Å². The molecule has 0 aliphatic rings. The molecular formula is C24H47O8P. The van der Waals surface area contributed by atoms with Crippen LogP contribution in [0.5, 0.6) is 0 Å². The van der Waals surface area contributed by atoms with Gasteiger partial charge in [-0.05, 0) is 38.5 Å². The fraction of sp³-hybridized carbons (Fsp3) is 0.917. The van der Waals surface area contributed by atoms with Crippen molar-refractivity contribution in [3.63, 3.8) is 0 Å². The molecule has 33 heavy (non-hydrogen) atoms. The smallest absolute Gasteiger partial charge is 0.466 e. The summed E-state index contributed by atoms with van der Waals surface area (Å²) >= 11 is 0. The highest BCUT2D eigenvalue weighted by atomic mass is 31.2. The minimum absolute atomic E-state index is 0.121. The van der Waals surface area contributed by atoms with Gasteiger partial charge in [0, 0.05) is 12.8 Å². The van der Waals surface area contributed by atoms with Crippen LogP contribution < -0.4 is 0 Å². The molecule has 196 valence electrons. The Morgan fingerprint density at radius 1 is 0.576 bits per heavy atom. The maximum atomic E-state index is 11.9. The zero-order valence-corrected chi connectivity index (χ0v) is 21.8. The quantitative estimate of drug-likeness (QED) is 0.0921. The van der Waals surface area contributed by atoms with Gasteiger partial charge in [0.15, 0.2) is 0 Å². The Bertz CT molecular complexity index is 485. The number of esters is 2. The molecule has 1 N–H and O–H groups in total. The van der Waals surface area contributed by atoms with Gasteiger partial charge in [-0.3, -0.25) is 18.6 Å². The molecule has 0 radical (unpaired) electrons. The molecule has 0 aliphatic heterocycles. The fourth-order valence-corrected chi connectivity index (χ4v) is 3.94. The van der Waals surface area contributed by atoms with Crippen LogP contribution in [-0.4, -0.2) is 43.3 Å². The van der Waals surface area contributed by atoms with Gasteiger partial charge in [0.25, 0.3) is 0 Å². The van der Waals surface area contributed by atoms with Crippen molar-refractivity contribution in [2.24, 2.45) is 0 Å². The third-order valence-electron chi connectivity index (χ3n) is 5.02. The minimum atomic E-state index is -3.96. The SMILES string of the molecule is CCCC(=O)OCCCCCCCCOP(=O)(O)OCCCCCCCCOC(=O)CCC. The van der Waals surface area contributed by atoms with Crippen molar-refractivity contribution in [2.75, 3.05) is 26.4 Å². The monoisotopic (exact) mass is 494 g/mol. The molecule has 0 saturated heterocycles. The van der Waals surface area contributed by atoms with E-state index >= 15 is 0 Å². The molecule has 0 spiro atoms. The van der Waals surface area contributed by atoms with Crippen molar-refractivity contribution in [2.45, 2.75) is 117 Å². The van der Waals surface area contributed by atoms with Crippen molar-refractivity contribution >= 4 is 19.8 Å². The molecule has 0 aromatic carbocycles. The molecule has 0 aromatic heterocycles. The molecule has 0 amide bonds. The summed E-state index contributed by atoms with van der Waals surface area (Å²) in [4.78, 5) is 32.1. The molecule has 0 atom stereocenters. The predicted octanol–water partition coefficient (Wildman–Crippen LogP) is 6.49. The Labute approximate surface area is 200 Å². The Hall–Kier alpha value is -0.950. The molecule has 0 fully saturated rings. The number of phosphoric ester groups is 1. The van der Waals surface area contributed by atoms with Crippen LogP contribution in [0, 0.1) is 0 Å². The van der Waals surface area contributed by atoms with Gasteiger partial charge in [-0.1, -0.05) is 65.2 Å². The zero-order chi connectivity index (χ0) is 24.6. The van der Waals surface area contributed by atoms with Crippen LogP contribution in [0.4, 0.5) is 0 Å². The third kappa shape index (κ3) is 24.0. The summed E-state index contributed by atoms with van der Waals surface area (Å²) in [5.74, 6) is -0.243. The van der Waals surface area contributed by atoms with E-state index in [9.17, 15) is 19.0 Å². The van der Waals surface area contributed by atoms with E-state index in [0.717, 1.165) is 77.0 Å². The summed E-state index contributed by atoms with van der Waals surface area (Å²) in [6.45, 7) is 5.31. The van der Waals surface area contributed by atoms with E-state index in [4.69, 9.17) is 18.5 Å². The molecule has 0 rings (SSSR count). The summed E-state index contributed by atoms with van der Waals surface area (Å²) in [6.07, 6.45) is 13.8. The van der Waals surface area contributed by atoms with E-state index < -0.39 is 7.82 Å². The number of hydrogen-bond acceptors (Lipinski definition) is 7. The van der Waals surface area contributed by atoms with Crippen LogP contribution >= 0.6 is 7.82 Å². The highest BCUT2D eigenvalue weighted by molar-refractivity contribution is 7.47. The van der Waals surface area contributed by atoms with Gasteiger partial charge in [-0.2, -0.15) is 0 Å². The second-order valence-corrected chi connectivity index (χ2v) is 9.77. The number of rotatable bonds is 24. The van der Waals surface area contributed by atoms with Crippen LogP contribution in [0.15, 0.2) is 0 Å². The zero-order valence-electron chi connectivity index (χ0n) is 20.9. The molecule has 0 aliphatic carbocycles. The van der Waals surface area contributed by atoms with Crippen LogP contribution in [-0.2, 0) is 32.7 Å². The van der Waals surface area contributed by atoms with E-state index in [0.29, 0.717) is 38.9 Å². The first-order valence-corrected chi connectivity index (χ1v) is 14.3. The number of unbranched alkanes of at least 4 members (excludes halogenated alkanes) is 10. The summed E-state index contributed by atoms with van der Waals surface area (Å²) in [7, 11) is -3.96. The number of carbonyl (C=O) groups excluding carboxylic acids is 2. The molecule has 0 saturated carbocycles. The van der Waals surface area contributed by atoms with E-state index in [2.05, 4.69) is 0 Å². The Morgan fingerprint density at radius 2 is 0.879 bits per heavy atom. The molecule has 8 nitrogen and oxygen atoms in total. The van der Waals surface area contributed by atoms with Gasteiger partial charge in [-0.25, -0.2) is 4.57 Å². The average molecular weight is 495 g/mol. The van der Waals surface area contributed by atoms with Crippen molar-refractivity contribution in [3.05, 3.63) is 0 Å². The Balaban J connectivity index is 3.40. The van der Waals surface area contributed by atoms with Crippen LogP contribution in [0.1, 0.15) is 117 Å². The molecule has 0 bridgehead atoms. The highest BCUT2D eigenvalue weighted by Crippen LogP contribution is 2.43. The van der Waals surface area contributed by atoms with Gasteiger partial charge < -0.3 is 14.4 Å². The number of hydrogen-bond donors (Lipinski definition) is 1. The average Bonchev–Trinajstić information content (AvgIpc) is 2.76. The first kappa shape index (κ1) is 32.0. The molecule has 0 aromatic rings. The fourth-order valence-electron chi connectivity index (χ4n) is 3.14. The van der Waals surface area contributed by atoms with Gasteiger partial charge in [0.05, 0.1) is 26.4 Å². The van der Waals surface area contributed by atoms with Crippen LogP contribution in [0.25, 0.3) is 0 Å². The minimum Gasteiger partial charge on any atom is -0.466 e. The molecule has 9 heteroatoms. The topological polar surface area (TPSA) is 108 Å². The van der Waals surface area contributed by atoms with Gasteiger partial charge >= 0.3 is 19.8 Å². The van der Waals surface area contributed by atoms with Gasteiger partial charge in [0.2, 0.25) is 0 Å².